The topological polar surface area (TPSA) is 524 Å². The predicted molar refractivity (Wildman–Crippen MR) is 553 cm³/mol. The summed E-state index contributed by atoms with van der Waals surface area (Å²) in [5.74, 6) is -5.93. The number of hydrogen-bond donors (Lipinski definition) is 11. The van der Waals surface area contributed by atoms with Crippen molar-refractivity contribution in [2.24, 2.45) is 53.1 Å². The molecule has 4 saturated heterocycles. The Morgan fingerprint density at radius 1 is 0.463 bits per heavy atom. The minimum Gasteiger partial charge on any atom is -1.00 e. The van der Waals surface area contributed by atoms with Crippen LogP contribution in [0.3, 0.4) is 0 Å². The second-order valence-corrected chi connectivity index (χ2v) is 36.4. The quantitative estimate of drug-likeness (QED) is 0.00387. The summed E-state index contributed by atoms with van der Waals surface area (Å²) >= 11 is 4.98. The van der Waals surface area contributed by atoms with Gasteiger partial charge in [0.25, 0.3) is 6.47 Å². The molecule has 4 fully saturated rings. The normalized spacial score (nSPS) is 15.9. The average Bonchev–Trinajstić information content (AvgIpc) is 0.856. The van der Waals surface area contributed by atoms with Crippen LogP contribution in [0.1, 0.15) is 147 Å². The molecule has 0 bridgehead atoms. The van der Waals surface area contributed by atoms with Crippen molar-refractivity contribution in [1.82, 2.24) is 37.2 Å². The molecule has 12 N–H and O–H groups in total. The van der Waals surface area contributed by atoms with E-state index in [9.17, 15) is 72.2 Å². The number of carboxylic acid groups (broad SMARTS) is 2. The molecule has 3 radical (unpaired) electrons. The summed E-state index contributed by atoms with van der Waals surface area (Å²) in [4.78, 5) is 179. The molecule has 0 saturated carbocycles. The molecule has 4 aliphatic rings. The van der Waals surface area contributed by atoms with E-state index in [0.29, 0.717) is 83.4 Å². The zero-order valence-electron chi connectivity index (χ0n) is 87.6. The molecule has 35 nitrogen and oxygen atoms in total. The van der Waals surface area contributed by atoms with Crippen LogP contribution in [0.5, 0.6) is 0 Å². The molecular formula is C110H139BClLiN8NaO27. The van der Waals surface area contributed by atoms with Gasteiger partial charge in [-0.2, -0.15) is 0 Å². The third-order valence-electron chi connectivity index (χ3n) is 24.1. The Morgan fingerprint density at radius 2 is 0.819 bits per heavy atom. The number of rotatable bonds is 40. The van der Waals surface area contributed by atoms with Crippen molar-refractivity contribution in [3.05, 3.63) is 252 Å². The second-order valence-electron chi connectivity index (χ2n) is 36.1. The zero-order chi connectivity index (χ0) is 107. The summed E-state index contributed by atoms with van der Waals surface area (Å²) < 4.78 is 34.1. The standard InChI is InChI=1S/C37H45N3O7.C22H21NO4.C15H26N2O4.C13H13NO2.C9H9ClO2.C9H15NO3.C4H8O2.CH2O3.B.Li.Na.H/c1-24(2)20-29(35(43)39-32(36(44)46-3)22-28-16-18-38-34(28)42)23-33(41)31(21-27-14-9-13-26-12-7-8-15-30(26)27)40-37(45)47-19-17-25-10-5-4-6-11-25;24-21(25)20(15-18-11-6-10-17-9-4-5-12-19(17)18)23-22(26)27-14-13-16-7-2-1-3-8-16;1-9(2)7-10(3)13(18)17-12(15(20)21-4)8-11-5-6-16-14(11)19;14-12(13(15)16)8-10-6-3-5-9-4-1-2-7-11(9)10;10-9(11)12-7-6-8-4-2-1-3-5-8;1-6(9(12)13-2)5-7-3-4-10-8(7)11;5-4-2-1-3-6-4;2-1-4-3;;;;/h4-15,24,28-29,31-32H,16-23H2,1-3H3,(H,38,42)(H,39,43)(H,40,45);1-12,20H,13-15H2,(H,23,26)(H,24,25);9-12H,5-8H2,1-4H3,(H,16,19)(H,17,18);1-7,12H,8,14H2,(H,15,16);1-5H,6-7H2;6-7H,3-5H2,1-2H3,(H,10,11);4-5H,1-3H2;1,3H;;;;/q;;;;;;;;;2*+1;-1/p-1/t28-,29+,31-,32-;20-;10-,11-,12-;12-;;6-,7-;;;;;;/m0000.0....../s1. The fraction of sp³-hybridized carbons (Fsp3) is 0.427. The largest absolute Gasteiger partial charge is 1.00 e. The van der Waals surface area contributed by atoms with Gasteiger partial charge in [-0.3, -0.25) is 43.2 Å². The molecule has 7 amide bonds. The number of alkyl carbamates (subject to hydrolysis) is 2. The first kappa shape index (κ1) is 131. The van der Waals surface area contributed by atoms with Crippen LogP contribution in [0.4, 0.5) is 14.4 Å². The molecule has 793 valence electrons. The smallest absolute Gasteiger partial charge is 1.00 e. The molecule has 9 aromatic rings. The summed E-state index contributed by atoms with van der Waals surface area (Å²) in [6, 6.07) is 65.3. The van der Waals surface area contributed by atoms with Crippen LogP contribution in [-0.4, -0.2) is 217 Å². The van der Waals surface area contributed by atoms with E-state index < -0.39 is 95.7 Å². The van der Waals surface area contributed by atoms with Crippen LogP contribution >= 0.6 is 11.6 Å². The van der Waals surface area contributed by atoms with Crippen molar-refractivity contribution in [1.29, 1.82) is 0 Å². The number of esters is 3. The van der Waals surface area contributed by atoms with E-state index >= 15 is 0 Å². The minimum atomic E-state index is -1.09. The van der Waals surface area contributed by atoms with E-state index in [1.165, 1.54) is 21.3 Å². The maximum absolute atomic E-state index is 14.0. The fourth-order valence-electron chi connectivity index (χ4n) is 16.5. The van der Waals surface area contributed by atoms with Crippen molar-refractivity contribution in [3.63, 3.8) is 0 Å². The Bertz CT molecular complexity index is 5640. The number of carboxylic acids is 2. The predicted octanol–water partition coefficient (Wildman–Crippen LogP) is 6.19. The first-order chi connectivity index (χ1) is 70.0. The number of aliphatic hydroxyl groups excluding tert-OH is 1. The Hall–Kier alpha value is -12.6. The number of carbonyl (C=O) groups excluding carboxylic acids is 13. The van der Waals surface area contributed by atoms with Crippen LogP contribution < -0.4 is 96.6 Å². The number of ether oxygens (including phenoxy) is 7. The van der Waals surface area contributed by atoms with Gasteiger partial charge in [0.05, 0.1) is 53.1 Å². The zero-order valence-corrected chi connectivity index (χ0v) is 89.3. The van der Waals surface area contributed by atoms with Crippen molar-refractivity contribution < 1.29 is 180 Å². The Morgan fingerprint density at radius 3 is 1.15 bits per heavy atom. The van der Waals surface area contributed by atoms with E-state index in [2.05, 4.69) is 51.6 Å². The van der Waals surface area contributed by atoms with Gasteiger partial charge in [0.2, 0.25) is 29.5 Å². The third-order valence-corrected chi connectivity index (χ3v) is 24.2. The maximum atomic E-state index is 14.0. The van der Waals surface area contributed by atoms with E-state index in [1.807, 2.05) is 253 Å². The number of Topliss-reactive ketones (excluding diaryl/α,β-unsaturated/α-hetero) is 1. The fourth-order valence-corrected chi connectivity index (χ4v) is 16.6. The molecule has 4 aliphatic heterocycles. The van der Waals surface area contributed by atoms with Crippen molar-refractivity contribution in [2.45, 2.75) is 187 Å². The summed E-state index contributed by atoms with van der Waals surface area (Å²) in [7, 11) is 3.88. The monoisotopic (exact) mass is 2080 g/mol. The number of halogens is 1. The van der Waals surface area contributed by atoms with Gasteiger partial charge in [0, 0.05) is 121 Å². The van der Waals surface area contributed by atoms with Crippen molar-refractivity contribution in [3.8, 4) is 0 Å². The number of fused-ring (bicyclic) bond motifs is 3. The number of hydrogen-bond acceptors (Lipinski definition) is 26. The number of methoxy groups -OCH3 is 3. The van der Waals surface area contributed by atoms with Gasteiger partial charge in [0.15, 0.2) is 12.1 Å². The first-order valence-corrected chi connectivity index (χ1v) is 49.1. The molecular weight excluding hydrogens is 1940 g/mol. The number of nitrogens with two attached hydrogens (primary N) is 1. The molecule has 0 aromatic heterocycles. The van der Waals surface area contributed by atoms with Crippen molar-refractivity contribution in [2.75, 3.05) is 67.4 Å². The van der Waals surface area contributed by atoms with E-state index in [-0.39, 0.29) is 169 Å². The number of benzene rings is 9. The first-order valence-electron chi connectivity index (χ1n) is 48.7. The van der Waals surface area contributed by atoms with E-state index in [4.69, 9.17) is 61.3 Å². The summed E-state index contributed by atoms with van der Waals surface area (Å²) in [5, 5.41) is 60.3. The van der Waals surface area contributed by atoms with Crippen molar-refractivity contribution >= 4 is 142 Å². The molecule has 1 unspecified atom stereocenters. The SMILES string of the molecule is COC(=O)[C@@H](C)C[C@@H]1CCNC1=O.COC(=O)[C@H](C[C@@H]1CCNC1=O)NC(=O)[C@@H](C)CC(C)C.COC(=O)[C@H](C[C@@H]1CCNC1=O)NC(=O)[C@@H](CC(=O)[C@H](Cc1cccc2ccccc12)NC(=O)OCCc1ccccc1)CC(C)C.N[C@@H](Cc1cccc2ccccc12)C(=O)O.O=C(Cl)OCCc1ccccc1.O=C(N[C@@H](Cc1cccc2ccccc12)C(=O)O)OCCc1ccccc1.O=CO[O-].OC1CCCO1.[B].[H-].[Li+].[Na+]. The Kier molecular flexibility index (Phi) is 63.7. The number of ketones is 1. The number of amides is 7. The van der Waals surface area contributed by atoms with Crippen LogP contribution in [-0.2, 0) is 134 Å². The molecule has 13 rings (SSSR count). The van der Waals surface area contributed by atoms with Crippen LogP contribution in [0, 0.1) is 47.3 Å². The number of aliphatic hydroxyl groups is 1. The summed E-state index contributed by atoms with van der Waals surface area (Å²) in [6.07, 6.45) is 6.52. The average molecular weight is 2080 g/mol. The van der Waals surface area contributed by atoms with Gasteiger partial charge in [-0.25, -0.2) is 28.8 Å². The molecule has 149 heavy (non-hydrogen) atoms. The molecule has 0 aliphatic carbocycles. The van der Waals surface area contributed by atoms with Gasteiger partial charge in [-0.05, 0) is 142 Å². The maximum Gasteiger partial charge on any atom is 1.00 e. The summed E-state index contributed by atoms with van der Waals surface area (Å²) in [5.41, 5.74) is 10.7. The molecule has 12 atom stereocenters. The number of carbonyl (C=O) groups is 15. The number of aliphatic carboxylic acids is 2. The van der Waals surface area contributed by atoms with Gasteiger partial charge >= 0.3 is 95.9 Å². The minimum absolute atomic E-state index is 0. The van der Waals surface area contributed by atoms with E-state index in [0.717, 1.165) is 105 Å². The Labute approximate surface area is 912 Å². The van der Waals surface area contributed by atoms with Gasteiger partial charge in [0.1, 0.15) is 24.2 Å². The molecule has 39 heteroatoms. The Balaban J connectivity index is 0.000000632. The van der Waals surface area contributed by atoms with Crippen LogP contribution in [0.25, 0.3) is 32.3 Å². The second kappa shape index (κ2) is 72.7. The van der Waals surface area contributed by atoms with Gasteiger partial charge in [-0.1, -0.05) is 260 Å². The molecule has 9 aromatic carbocycles. The van der Waals surface area contributed by atoms with Gasteiger partial charge < -0.3 is 103 Å². The van der Waals surface area contributed by atoms with Gasteiger partial charge in [-0.15, -0.1) is 0 Å². The molecule has 4 heterocycles. The molecule has 0 spiro atoms. The number of nitrogens with one attached hydrogen (secondary N) is 7. The van der Waals surface area contributed by atoms with Crippen LogP contribution in [0.15, 0.2) is 218 Å². The van der Waals surface area contributed by atoms with Crippen LogP contribution in [0.2, 0.25) is 0 Å². The third kappa shape index (κ3) is 49.6. The van der Waals surface area contributed by atoms with E-state index in [1.54, 1.807) is 6.92 Å². The summed E-state index contributed by atoms with van der Waals surface area (Å²) in [6.45, 7) is 14.7.